The fraction of sp³-hybridized carbons (Fsp3) is 0.208. The molecule has 3 aromatic rings. The maximum absolute atomic E-state index is 6.27. The lowest BCUT2D eigenvalue weighted by atomic mass is 10.1. The number of para-hydroxylation sites is 3. The van der Waals surface area contributed by atoms with Gasteiger partial charge < -0.3 is 20.1 Å². The van der Waals surface area contributed by atoms with E-state index in [9.17, 15) is 0 Å². The van der Waals surface area contributed by atoms with Crippen molar-refractivity contribution < 1.29 is 9.47 Å². The maximum atomic E-state index is 6.27. The average molecular weight is 387 g/mol. The molecule has 0 aliphatic carbocycles. The predicted molar refractivity (Wildman–Crippen MR) is 117 cm³/mol. The minimum Gasteiger partial charge on any atom is -0.485 e. The summed E-state index contributed by atoms with van der Waals surface area (Å²) in [7, 11) is 0. The number of hydrogen-bond acceptors (Lipinski definition) is 5. The highest BCUT2D eigenvalue weighted by molar-refractivity contribution is 5.57. The van der Waals surface area contributed by atoms with E-state index in [4.69, 9.17) is 15.2 Å². The summed E-state index contributed by atoms with van der Waals surface area (Å²) in [5.41, 5.74) is 8.72. The molecule has 1 aliphatic heterocycles. The van der Waals surface area contributed by atoms with Crippen LogP contribution in [0.2, 0.25) is 0 Å². The van der Waals surface area contributed by atoms with Crippen LogP contribution in [0.5, 0.6) is 17.2 Å². The van der Waals surface area contributed by atoms with E-state index in [2.05, 4.69) is 16.0 Å². The molecule has 29 heavy (non-hydrogen) atoms. The van der Waals surface area contributed by atoms with Crippen molar-refractivity contribution in [1.82, 2.24) is 4.90 Å². The second-order valence-electron chi connectivity index (χ2n) is 6.99. The van der Waals surface area contributed by atoms with E-state index in [1.807, 2.05) is 73.1 Å². The van der Waals surface area contributed by atoms with Gasteiger partial charge in [0.1, 0.15) is 12.4 Å². The van der Waals surface area contributed by atoms with Gasteiger partial charge in [-0.3, -0.25) is 4.99 Å². The van der Waals surface area contributed by atoms with Crippen molar-refractivity contribution in [3.63, 3.8) is 0 Å². The van der Waals surface area contributed by atoms with E-state index in [1.165, 1.54) is 5.56 Å². The smallest absolute Gasteiger partial charge is 0.169 e. The number of nitrogens with zero attached hydrogens (tertiary/aromatic N) is 2. The Hall–Kier alpha value is -3.47. The molecule has 0 saturated heterocycles. The minimum atomic E-state index is 0.455. The predicted octanol–water partition coefficient (Wildman–Crippen LogP) is 4.53. The maximum Gasteiger partial charge on any atom is 0.169 e. The molecule has 5 nitrogen and oxygen atoms in total. The molecule has 1 heterocycles. The van der Waals surface area contributed by atoms with Gasteiger partial charge >= 0.3 is 0 Å². The Balaban J connectivity index is 1.45. The van der Waals surface area contributed by atoms with Crippen LogP contribution < -0.4 is 15.2 Å². The Kier molecular flexibility index (Phi) is 5.95. The van der Waals surface area contributed by atoms with Crippen LogP contribution in [0.4, 0.5) is 5.69 Å². The summed E-state index contributed by atoms with van der Waals surface area (Å²) in [6.07, 6.45) is 2.83. The summed E-state index contributed by atoms with van der Waals surface area (Å²) in [5, 5.41) is 0. The number of hydrogen-bond donors (Lipinski definition) is 1. The molecular weight excluding hydrogens is 362 g/mol. The van der Waals surface area contributed by atoms with Crippen molar-refractivity contribution in [2.45, 2.75) is 13.0 Å². The van der Waals surface area contributed by atoms with E-state index in [1.54, 1.807) is 0 Å². The standard InChI is InChI=1S/C24H25N3O2/c25-21-11-9-19(10-12-21)17-28-23-7-3-4-8-24(23)29-22-6-2-1-5-20(22)13-15-27-16-14-26-18-27/h1-12,18H,13-17,25H2. The lowest BCUT2D eigenvalue weighted by Crippen LogP contribution is -2.22. The van der Waals surface area contributed by atoms with E-state index >= 15 is 0 Å². The Bertz CT molecular complexity index is 970. The number of anilines is 1. The van der Waals surface area contributed by atoms with Crippen LogP contribution in [-0.2, 0) is 13.0 Å². The van der Waals surface area contributed by atoms with Gasteiger partial charge in [0, 0.05) is 18.8 Å². The summed E-state index contributed by atoms with van der Waals surface area (Å²) in [5.74, 6) is 2.27. The van der Waals surface area contributed by atoms with Crippen molar-refractivity contribution in [2.24, 2.45) is 4.99 Å². The van der Waals surface area contributed by atoms with Gasteiger partial charge in [0.15, 0.2) is 11.5 Å². The summed E-state index contributed by atoms with van der Waals surface area (Å²) in [4.78, 5) is 6.51. The van der Waals surface area contributed by atoms with Crippen molar-refractivity contribution in [3.05, 3.63) is 83.9 Å². The van der Waals surface area contributed by atoms with E-state index in [0.717, 1.165) is 43.1 Å². The van der Waals surface area contributed by atoms with Crippen LogP contribution >= 0.6 is 0 Å². The molecule has 2 N–H and O–H groups in total. The third kappa shape index (κ3) is 5.08. The van der Waals surface area contributed by atoms with E-state index in [-0.39, 0.29) is 0 Å². The second-order valence-corrected chi connectivity index (χ2v) is 6.99. The Morgan fingerprint density at radius 1 is 0.862 bits per heavy atom. The molecule has 4 rings (SSSR count). The second kappa shape index (κ2) is 9.15. The third-order valence-electron chi connectivity index (χ3n) is 4.85. The molecule has 0 radical (unpaired) electrons. The number of nitrogens with two attached hydrogens (primary N) is 1. The van der Waals surface area contributed by atoms with Gasteiger partial charge in [-0.2, -0.15) is 0 Å². The molecule has 3 aromatic carbocycles. The van der Waals surface area contributed by atoms with Crippen molar-refractivity contribution in [2.75, 3.05) is 25.4 Å². The average Bonchev–Trinajstić information content (AvgIpc) is 3.27. The normalized spacial score (nSPS) is 12.9. The Morgan fingerprint density at radius 2 is 1.59 bits per heavy atom. The first-order valence-electron chi connectivity index (χ1n) is 9.84. The molecular formula is C24H25N3O2. The minimum absolute atomic E-state index is 0.455. The number of benzene rings is 3. The van der Waals surface area contributed by atoms with Crippen molar-refractivity contribution in [1.29, 1.82) is 0 Å². The number of nitrogen functional groups attached to an aromatic ring is 1. The quantitative estimate of drug-likeness (QED) is 0.577. The summed E-state index contributed by atoms with van der Waals surface area (Å²) < 4.78 is 12.3. The molecule has 0 saturated carbocycles. The number of rotatable bonds is 8. The van der Waals surface area contributed by atoms with E-state index in [0.29, 0.717) is 18.1 Å². The van der Waals surface area contributed by atoms with Crippen LogP contribution in [0.25, 0.3) is 0 Å². The van der Waals surface area contributed by atoms with Gasteiger partial charge in [-0.25, -0.2) is 0 Å². The van der Waals surface area contributed by atoms with Crippen LogP contribution in [0.1, 0.15) is 11.1 Å². The Morgan fingerprint density at radius 3 is 2.34 bits per heavy atom. The van der Waals surface area contributed by atoms with Gasteiger partial charge in [-0.1, -0.05) is 42.5 Å². The zero-order valence-electron chi connectivity index (χ0n) is 16.3. The lowest BCUT2D eigenvalue weighted by molar-refractivity contribution is 0.291. The zero-order valence-corrected chi connectivity index (χ0v) is 16.3. The van der Waals surface area contributed by atoms with Gasteiger partial charge in [-0.15, -0.1) is 0 Å². The van der Waals surface area contributed by atoms with Crippen LogP contribution in [0, 0.1) is 0 Å². The highest BCUT2D eigenvalue weighted by atomic mass is 16.5. The largest absolute Gasteiger partial charge is 0.485 e. The highest BCUT2D eigenvalue weighted by Crippen LogP contribution is 2.33. The first kappa shape index (κ1) is 18.9. The Labute approximate surface area is 171 Å². The SMILES string of the molecule is Nc1ccc(COc2ccccc2Oc2ccccc2CCN2C=NCC2)cc1. The molecule has 0 spiro atoms. The molecule has 5 heteroatoms. The lowest BCUT2D eigenvalue weighted by Gasteiger charge is -2.17. The van der Waals surface area contributed by atoms with Gasteiger partial charge in [0.25, 0.3) is 0 Å². The third-order valence-corrected chi connectivity index (χ3v) is 4.85. The van der Waals surface area contributed by atoms with Crippen molar-refractivity contribution in [3.8, 4) is 17.2 Å². The first-order chi connectivity index (χ1) is 14.3. The molecule has 0 unspecified atom stereocenters. The topological polar surface area (TPSA) is 60.1 Å². The summed E-state index contributed by atoms with van der Waals surface area (Å²) in [6.45, 7) is 3.26. The van der Waals surface area contributed by atoms with Crippen LogP contribution in [0.3, 0.4) is 0 Å². The molecule has 0 bridgehead atoms. The first-order valence-corrected chi connectivity index (χ1v) is 9.84. The molecule has 0 aromatic heterocycles. The molecule has 0 fully saturated rings. The monoisotopic (exact) mass is 387 g/mol. The van der Waals surface area contributed by atoms with E-state index < -0.39 is 0 Å². The zero-order chi connectivity index (χ0) is 19.9. The van der Waals surface area contributed by atoms with Crippen molar-refractivity contribution >= 4 is 12.0 Å². The van der Waals surface area contributed by atoms with Gasteiger partial charge in [-0.05, 0) is 47.9 Å². The fourth-order valence-corrected chi connectivity index (χ4v) is 3.21. The highest BCUT2D eigenvalue weighted by Gasteiger charge is 2.11. The molecule has 148 valence electrons. The molecule has 1 aliphatic rings. The molecule has 0 atom stereocenters. The van der Waals surface area contributed by atoms with Crippen LogP contribution in [-0.4, -0.2) is 30.9 Å². The van der Waals surface area contributed by atoms with Gasteiger partial charge in [0.05, 0.1) is 12.9 Å². The molecule has 0 amide bonds. The van der Waals surface area contributed by atoms with Crippen LogP contribution in [0.15, 0.2) is 77.8 Å². The summed E-state index contributed by atoms with van der Waals surface area (Å²) >= 11 is 0. The number of aliphatic imine (C=N–C) groups is 1. The summed E-state index contributed by atoms with van der Waals surface area (Å²) in [6, 6.07) is 23.6. The fourth-order valence-electron chi connectivity index (χ4n) is 3.21. The van der Waals surface area contributed by atoms with Gasteiger partial charge in [0.2, 0.25) is 0 Å². The number of ether oxygens (including phenoxy) is 2.